The molecule has 0 aromatic heterocycles. The monoisotopic (exact) mass is 416 g/mol. The molecule has 1 aromatic rings. The van der Waals surface area contributed by atoms with Gasteiger partial charge in [-0.1, -0.05) is 6.07 Å². The molecular weight excluding hydrogens is 392 g/mol. The summed E-state index contributed by atoms with van der Waals surface area (Å²) in [5.41, 5.74) is 1.54. The summed E-state index contributed by atoms with van der Waals surface area (Å²) in [6.45, 7) is 2.24. The zero-order chi connectivity index (χ0) is 21.7. The van der Waals surface area contributed by atoms with Crippen molar-refractivity contribution in [3.63, 3.8) is 0 Å². The molecule has 5 amide bonds. The Morgan fingerprint density at radius 2 is 2.07 bits per heavy atom. The molecular formula is C20H24N4O6. The van der Waals surface area contributed by atoms with E-state index in [4.69, 9.17) is 4.74 Å². The first-order valence-electron chi connectivity index (χ1n) is 9.75. The Bertz CT molecular complexity index is 884. The van der Waals surface area contributed by atoms with Gasteiger partial charge in [0.2, 0.25) is 23.6 Å². The van der Waals surface area contributed by atoms with Crippen LogP contribution in [0.15, 0.2) is 18.2 Å². The van der Waals surface area contributed by atoms with Crippen LogP contribution in [0.25, 0.3) is 0 Å². The van der Waals surface area contributed by atoms with Crippen molar-refractivity contribution in [2.45, 2.75) is 38.8 Å². The van der Waals surface area contributed by atoms with Gasteiger partial charge in [-0.25, -0.2) is 0 Å². The van der Waals surface area contributed by atoms with Gasteiger partial charge in [-0.15, -0.1) is 0 Å². The fourth-order valence-electron chi connectivity index (χ4n) is 3.49. The van der Waals surface area contributed by atoms with Crippen molar-refractivity contribution in [2.75, 3.05) is 25.1 Å². The number of piperidine rings is 1. The third-order valence-corrected chi connectivity index (χ3v) is 4.93. The number of rotatable bonds is 8. The molecule has 0 spiro atoms. The van der Waals surface area contributed by atoms with Crippen molar-refractivity contribution >= 4 is 35.2 Å². The highest BCUT2D eigenvalue weighted by molar-refractivity contribution is 6.06. The molecule has 3 rings (SSSR count). The maximum absolute atomic E-state index is 12.8. The van der Waals surface area contributed by atoms with Crippen LogP contribution in [0.5, 0.6) is 0 Å². The molecule has 30 heavy (non-hydrogen) atoms. The van der Waals surface area contributed by atoms with Gasteiger partial charge in [0.1, 0.15) is 12.6 Å². The van der Waals surface area contributed by atoms with E-state index >= 15 is 0 Å². The lowest BCUT2D eigenvalue weighted by Gasteiger charge is -2.29. The number of imide groups is 1. The van der Waals surface area contributed by atoms with E-state index in [0.29, 0.717) is 36.4 Å². The van der Waals surface area contributed by atoms with Gasteiger partial charge in [0.15, 0.2) is 0 Å². The Kier molecular flexibility index (Phi) is 6.78. The molecule has 160 valence electrons. The van der Waals surface area contributed by atoms with E-state index in [-0.39, 0.29) is 49.6 Å². The summed E-state index contributed by atoms with van der Waals surface area (Å²) in [6, 6.07) is 4.29. The standard InChI is InChI=1S/C20H24N4O6/c1-12(25)21-8-3-9-30-11-18(27)22-15-5-2-4-13-14(15)10-24(20(13)29)16-6-7-17(26)23-19(16)28/h2,4-5,16H,3,6-11H2,1H3,(H,21,25)(H,22,27)(H,23,26,28). The largest absolute Gasteiger partial charge is 0.372 e. The lowest BCUT2D eigenvalue weighted by atomic mass is 10.0. The van der Waals surface area contributed by atoms with E-state index < -0.39 is 11.9 Å². The molecule has 3 N–H and O–H groups in total. The predicted molar refractivity (Wildman–Crippen MR) is 105 cm³/mol. The molecule has 1 unspecified atom stereocenters. The summed E-state index contributed by atoms with van der Waals surface area (Å²) < 4.78 is 5.30. The summed E-state index contributed by atoms with van der Waals surface area (Å²) >= 11 is 0. The second kappa shape index (κ2) is 9.49. The Morgan fingerprint density at radius 1 is 1.27 bits per heavy atom. The number of hydrogen-bond acceptors (Lipinski definition) is 6. The Morgan fingerprint density at radius 3 is 2.80 bits per heavy atom. The van der Waals surface area contributed by atoms with Crippen molar-refractivity contribution in [2.24, 2.45) is 0 Å². The number of nitrogens with one attached hydrogen (secondary N) is 3. The molecule has 1 saturated heterocycles. The molecule has 1 atom stereocenters. The van der Waals surface area contributed by atoms with E-state index in [0.717, 1.165) is 0 Å². The third kappa shape index (κ3) is 5.01. The van der Waals surface area contributed by atoms with E-state index in [2.05, 4.69) is 16.0 Å². The molecule has 2 aliphatic rings. The quantitative estimate of drug-likeness (QED) is 0.401. The number of nitrogens with zero attached hydrogens (tertiary/aromatic N) is 1. The van der Waals surface area contributed by atoms with Crippen LogP contribution in [0.4, 0.5) is 5.69 Å². The molecule has 1 aromatic carbocycles. The van der Waals surface area contributed by atoms with Crippen LogP contribution >= 0.6 is 0 Å². The summed E-state index contributed by atoms with van der Waals surface area (Å²) in [4.78, 5) is 60.7. The van der Waals surface area contributed by atoms with Crippen molar-refractivity contribution in [3.8, 4) is 0 Å². The SMILES string of the molecule is CC(=O)NCCCOCC(=O)Nc1cccc2c1CN(C1CCC(=O)NC1=O)C2=O. The van der Waals surface area contributed by atoms with E-state index in [1.807, 2.05) is 0 Å². The second-order valence-electron chi connectivity index (χ2n) is 7.17. The minimum absolute atomic E-state index is 0.119. The number of carbonyl (C=O) groups is 5. The topological polar surface area (TPSA) is 134 Å². The van der Waals surface area contributed by atoms with Gasteiger partial charge in [-0.05, 0) is 25.0 Å². The molecule has 0 bridgehead atoms. The van der Waals surface area contributed by atoms with Crippen LogP contribution in [0.3, 0.4) is 0 Å². The summed E-state index contributed by atoms with van der Waals surface area (Å²) in [5, 5.41) is 7.65. The van der Waals surface area contributed by atoms with Gasteiger partial charge >= 0.3 is 0 Å². The van der Waals surface area contributed by atoms with Gasteiger partial charge in [0.05, 0.1) is 0 Å². The second-order valence-corrected chi connectivity index (χ2v) is 7.17. The maximum atomic E-state index is 12.8. The van der Waals surface area contributed by atoms with Crippen LogP contribution < -0.4 is 16.0 Å². The Balaban J connectivity index is 1.57. The number of carbonyl (C=O) groups excluding carboxylic acids is 5. The molecule has 10 nitrogen and oxygen atoms in total. The van der Waals surface area contributed by atoms with Crippen molar-refractivity contribution in [1.29, 1.82) is 0 Å². The van der Waals surface area contributed by atoms with Gasteiger partial charge in [0.25, 0.3) is 5.91 Å². The molecule has 2 heterocycles. The number of anilines is 1. The molecule has 0 saturated carbocycles. The van der Waals surface area contributed by atoms with Crippen molar-refractivity contribution in [1.82, 2.24) is 15.5 Å². The number of amides is 5. The minimum atomic E-state index is -0.710. The molecule has 0 aliphatic carbocycles. The average Bonchev–Trinajstić information content (AvgIpc) is 3.02. The first-order chi connectivity index (χ1) is 14.4. The van der Waals surface area contributed by atoms with E-state index in [9.17, 15) is 24.0 Å². The first-order valence-corrected chi connectivity index (χ1v) is 9.75. The molecule has 0 radical (unpaired) electrons. The lowest BCUT2D eigenvalue weighted by Crippen LogP contribution is -2.52. The summed E-state index contributed by atoms with van der Waals surface area (Å²) in [6.07, 6.45) is 1.04. The fraction of sp³-hybridized carbons (Fsp3) is 0.450. The summed E-state index contributed by atoms with van der Waals surface area (Å²) in [7, 11) is 0. The predicted octanol–water partition coefficient (Wildman–Crippen LogP) is -0.0711. The molecule has 1 fully saturated rings. The average molecular weight is 416 g/mol. The van der Waals surface area contributed by atoms with Gasteiger partial charge in [-0.3, -0.25) is 29.3 Å². The number of ether oxygens (including phenoxy) is 1. The van der Waals surface area contributed by atoms with Gasteiger partial charge < -0.3 is 20.3 Å². The van der Waals surface area contributed by atoms with Crippen molar-refractivity contribution in [3.05, 3.63) is 29.3 Å². The van der Waals surface area contributed by atoms with Crippen LogP contribution in [0, 0.1) is 0 Å². The number of fused-ring (bicyclic) bond motifs is 1. The normalized spacial score (nSPS) is 18.1. The van der Waals surface area contributed by atoms with Crippen LogP contribution in [-0.2, 0) is 30.5 Å². The number of benzene rings is 1. The zero-order valence-electron chi connectivity index (χ0n) is 16.7. The highest BCUT2D eigenvalue weighted by atomic mass is 16.5. The highest BCUT2D eigenvalue weighted by Gasteiger charge is 2.39. The van der Waals surface area contributed by atoms with Crippen molar-refractivity contribution < 1.29 is 28.7 Å². The minimum Gasteiger partial charge on any atom is -0.372 e. The van der Waals surface area contributed by atoms with E-state index in [1.165, 1.54) is 11.8 Å². The Hall–Kier alpha value is -3.27. The Labute approximate surface area is 173 Å². The summed E-state index contributed by atoms with van der Waals surface area (Å²) in [5.74, 6) is -1.61. The lowest BCUT2D eigenvalue weighted by molar-refractivity contribution is -0.137. The molecule has 10 heteroatoms. The van der Waals surface area contributed by atoms with Crippen LogP contribution in [0.1, 0.15) is 42.1 Å². The highest BCUT2D eigenvalue weighted by Crippen LogP contribution is 2.32. The van der Waals surface area contributed by atoms with Gasteiger partial charge in [-0.2, -0.15) is 0 Å². The number of hydrogen-bond donors (Lipinski definition) is 3. The van der Waals surface area contributed by atoms with Gasteiger partial charge in [0, 0.05) is 49.9 Å². The smallest absolute Gasteiger partial charge is 0.255 e. The maximum Gasteiger partial charge on any atom is 0.255 e. The first kappa shape index (κ1) is 21.4. The zero-order valence-corrected chi connectivity index (χ0v) is 16.7. The van der Waals surface area contributed by atoms with Crippen LogP contribution in [-0.4, -0.2) is 60.2 Å². The third-order valence-electron chi connectivity index (χ3n) is 4.93. The van der Waals surface area contributed by atoms with E-state index in [1.54, 1.807) is 18.2 Å². The fourth-order valence-corrected chi connectivity index (χ4v) is 3.49. The molecule has 2 aliphatic heterocycles. The van der Waals surface area contributed by atoms with Crippen LogP contribution in [0.2, 0.25) is 0 Å².